The number of nitrogens with zero attached hydrogens (tertiary/aromatic N) is 1. The summed E-state index contributed by atoms with van der Waals surface area (Å²) < 4.78 is 10.5. The normalized spacial score (nSPS) is 18.1. The van der Waals surface area contributed by atoms with Crippen LogP contribution in [0.2, 0.25) is 0 Å². The van der Waals surface area contributed by atoms with E-state index in [4.69, 9.17) is 14.6 Å². The van der Waals surface area contributed by atoms with Gasteiger partial charge in [0.2, 0.25) is 0 Å². The minimum atomic E-state index is -1.05. The Balaban J connectivity index is 1.94. The van der Waals surface area contributed by atoms with Gasteiger partial charge in [-0.2, -0.15) is 0 Å². The third kappa shape index (κ3) is 4.64. The zero-order valence-corrected chi connectivity index (χ0v) is 11.7. The molecule has 1 aliphatic rings. The van der Waals surface area contributed by atoms with Gasteiger partial charge in [0, 0.05) is 24.8 Å². The summed E-state index contributed by atoms with van der Waals surface area (Å²) in [7, 11) is 0. The summed E-state index contributed by atoms with van der Waals surface area (Å²) in [5.74, 6) is -0.655. The second kappa shape index (κ2) is 6.94. The van der Waals surface area contributed by atoms with Gasteiger partial charge < -0.3 is 24.8 Å². The third-order valence-electron chi connectivity index (χ3n) is 2.98. The molecule has 21 heavy (non-hydrogen) atoms. The number of ether oxygens (including phenoxy) is 2. The first-order valence-corrected chi connectivity index (χ1v) is 6.67. The molecule has 0 radical (unpaired) electrons. The van der Waals surface area contributed by atoms with Gasteiger partial charge in [-0.25, -0.2) is 9.59 Å². The van der Waals surface area contributed by atoms with E-state index in [-0.39, 0.29) is 12.1 Å². The highest BCUT2D eigenvalue weighted by atomic mass is 16.5. The Labute approximate surface area is 122 Å². The number of amides is 2. The minimum absolute atomic E-state index is 0.0229. The van der Waals surface area contributed by atoms with Gasteiger partial charge >= 0.3 is 12.0 Å². The van der Waals surface area contributed by atoms with Crippen molar-refractivity contribution in [1.82, 2.24) is 4.90 Å². The molecule has 0 aromatic heterocycles. The highest BCUT2D eigenvalue weighted by molar-refractivity contribution is 5.89. The fourth-order valence-electron chi connectivity index (χ4n) is 2.01. The first-order chi connectivity index (χ1) is 10.0. The summed E-state index contributed by atoms with van der Waals surface area (Å²) in [6.07, 6.45) is 0.0229. The summed E-state index contributed by atoms with van der Waals surface area (Å²) in [5, 5.41) is 11.3. The highest BCUT2D eigenvalue weighted by Gasteiger charge is 2.21. The van der Waals surface area contributed by atoms with Gasteiger partial charge in [-0.15, -0.1) is 0 Å². The number of urea groups is 1. The molecule has 2 amide bonds. The van der Waals surface area contributed by atoms with E-state index >= 15 is 0 Å². The Kier molecular flexibility index (Phi) is 4.99. The molecule has 0 saturated carbocycles. The highest BCUT2D eigenvalue weighted by Crippen LogP contribution is 2.18. The van der Waals surface area contributed by atoms with Crippen molar-refractivity contribution in [2.24, 2.45) is 0 Å². The molecule has 0 aliphatic carbocycles. The van der Waals surface area contributed by atoms with Gasteiger partial charge in [-0.3, -0.25) is 0 Å². The van der Waals surface area contributed by atoms with Crippen molar-refractivity contribution in [3.8, 4) is 5.75 Å². The predicted molar refractivity (Wildman–Crippen MR) is 75.6 cm³/mol. The molecule has 0 spiro atoms. The Morgan fingerprint density at radius 3 is 3.05 bits per heavy atom. The predicted octanol–water partition coefficient (Wildman–Crippen LogP) is 1.40. The van der Waals surface area contributed by atoms with Crippen LogP contribution in [0.3, 0.4) is 0 Å². The first-order valence-electron chi connectivity index (χ1n) is 6.67. The summed E-state index contributed by atoms with van der Waals surface area (Å²) in [6, 6.07) is 6.42. The molecular weight excluding hydrogens is 276 g/mol. The van der Waals surface area contributed by atoms with E-state index in [1.54, 1.807) is 29.2 Å². The van der Waals surface area contributed by atoms with E-state index in [2.05, 4.69) is 5.32 Å². The fourth-order valence-corrected chi connectivity index (χ4v) is 2.01. The minimum Gasteiger partial charge on any atom is -0.482 e. The van der Waals surface area contributed by atoms with Crippen LogP contribution >= 0.6 is 0 Å². The number of morpholine rings is 1. The van der Waals surface area contributed by atoms with Crippen molar-refractivity contribution >= 4 is 17.7 Å². The van der Waals surface area contributed by atoms with E-state index in [1.165, 1.54) is 0 Å². The van der Waals surface area contributed by atoms with Crippen LogP contribution in [0.15, 0.2) is 24.3 Å². The van der Waals surface area contributed by atoms with Crippen LogP contribution in [-0.4, -0.2) is 54.4 Å². The molecule has 1 aliphatic heterocycles. The topological polar surface area (TPSA) is 88.1 Å². The van der Waals surface area contributed by atoms with E-state index in [9.17, 15) is 9.59 Å². The van der Waals surface area contributed by atoms with Gasteiger partial charge in [0.25, 0.3) is 0 Å². The molecule has 1 saturated heterocycles. The van der Waals surface area contributed by atoms with Crippen molar-refractivity contribution in [3.63, 3.8) is 0 Å². The molecule has 7 heteroatoms. The molecule has 1 aromatic rings. The van der Waals surface area contributed by atoms with E-state index in [0.717, 1.165) is 0 Å². The van der Waals surface area contributed by atoms with E-state index in [0.29, 0.717) is 31.1 Å². The second-order valence-electron chi connectivity index (χ2n) is 4.77. The Bertz CT molecular complexity index is 520. The lowest BCUT2D eigenvalue weighted by molar-refractivity contribution is -0.139. The lowest BCUT2D eigenvalue weighted by Crippen LogP contribution is -2.46. The van der Waals surface area contributed by atoms with Crippen molar-refractivity contribution < 1.29 is 24.2 Å². The van der Waals surface area contributed by atoms with Gasteiger partial charge in [-0.1, -0.05) is 6.07 Å². The number of benzene rings is 1. The van der Waals surface area contributed by atoms with Crippen LogP contribution in [-0.2, 0) is 9.53 Å². The van der Waals surface area contributed by atoms with Gasteiger partial charge in [0.05, 0.1) is 12.7 Å². The number of carbonyl (C=O) groups is 2. The Morgan fingerprint density at radius 2 is 2.33 bits per heavy atom. The zero-order valence-electron chi connectivity index (χ0n) is 11.7. The smallest absolute Gasteiger partial charge is 0.341 e. The fraction of sp³-hybridized carbons (Fsp3) is 0.429. The number of aliphatic carboxylic acids is 1. The zero-order chi connectivity index (χ0) is 15.2. The van der Waals surface area contributed by atoms with Gasteiger partial charge in [-0.05, 0) is 19.1 Å². The number of anilines is 1. The van der Waals surface area contributed by atoms with Crippen LogP contribution < -0.4 is 10.1 Å². The molecule has 1 aromatic carbocycles. The number of hydrogen-bond acceptors (Lipinski definition) is 4. The molecule has 2 N–H and O–H groups in total. The molecular formula is C14H18N2O5. The molecule has 1 fully saturated rings. The average molecular weight is 294 g/mol. The number of carboxylic acids is 1. The molecule has 2 rings (SSSR count). The summed E-state index contributed by atoms with van der Waals surface area (Å²) in [6.45, 7) is 3.11. The van der Waals surface area contributed by atoms with Crippen molar-refractivity contribution in [2.75, 3.05) is 31.6 Å². The van der Waals surface area contributed by atoms with E-state index in [1.807, 2.05) is 6.92 Å². The standard InChI is InChI=1S/C14H18N2O5/c1-10-8-16(5-6-20-10)14(19)15-11-3-2-4-12(7-11)21-9-13(17)18/h2-4,7,10H,5-6,8-9H2,1H3,(H,15,19)(H,17,18). The number of hydrogen-bond donors (Lipinski definition) is 2. The van der Waals surface area contributed by atoms with Crippen LogP contribution in [0.5, 0.6) is 5.75 Å². The maximum absolute atomic E-state index is 12.1. The maximum atomic E-state index is 12.1. The van der Waals surface area contributed by atoms with E-state index < -0.39 is 12.6 Å². The first kappa shape index (κ1) is 15.1. The monoisotopic (exact) mass is 294 g/mol. The van der Waals surface area contributed by atoms with Crippen LogP contribution in [0, 0.1) is 0 Å². The molecule has 114 valence electrons. The molecule has 0 bridgehead atoms. The van der Waals surface area contributed by atoms with Gasteiger partial charge in [0.15, 0.2) is 6.61 Å². The quantitative estimate of drug-likeness (QED) is 0.876. The maximum Gasteiger partial charge on any atom is 0.341 e. The largest absolute Gasteiger partial charge is 0.482 e. The summed E-state index contributed by atoms with van der Waals surface area (Å²) in [5.41, 5.74) is 0.557. The molecule has 7 nitrogen and oxygen atoms in total. The number of carbonyl (C=O) groups excluding carboxylic acids is 1. The molecule has 1 unspecified atom stereocenters. The van der Waals surface area contributed by atoms with Crippen molar-refractivity contribution in [2.45, 2.75) is 13.0 Å². The molecule has 1 heterocycles. The van der Waals surface area contributed by atoms with Crippen molar-refractivity contribution in [1.29, 1.82) is 0 Å². The Morgan fingerprint density at radius 1 is 1.52 bits per heavy atom. The lowest BCUT2D eigenvalue weighted by Gasteiger charge is -2.31. The lowest BCUT2D eigenvalue weighted by atomic mass is 10.3. The van der Waals surface area contributed by atoms with Gasteiger partial charge in [0.1, 0.15) is 5.75 Å². The Hall–Kier alpha value is -2.28. The number of rotatable bonds is 4. The SMILES string of the molecule is CC1CN(C(=O)Nc2cccc(OCC(=O)O)c2)CCO1. The summed E-state index contributed by atoms with van der Waals surface area (Å²) >= 11 is 0. The third-order valence-corrected chi connectivity index (χ3v) is 2.98. The van der Waals surface area contributed by atoms with Crippen LogP contribution in [0.1, 0.15) is 6.92 Å². The number of nitrogens with one attached hydrogen (secondary N) is 1. The van der Waals surface area contributed by atoms with Crippen molar-refractivity contribution in [3.05, 3.63) is 24.3 Å². The number of carboxylic acid groups (broad SMARTS) is 1. The van der Waals surface area contributed by atoms with Crippen LogP contribution in [0.4, 0.5) is 10.5 Å². The second-order valence-corrected chi connectivity index (χ2v) is 4.77. The summed E-state index contributed by atoms with van der Waals surface area (Å²) in [4.78, 5) is 24.3. The van der Waals surface area contributed by atoms with Crippen LogP contribution in [0.25, 0.3) is 0 Å². The molecule has 1 atom stereocenters. The average Bonchev–Trinajstić information content (AvgIpc) is 2.45.